The van der Waals surface area contributed by atoms with Crippen molar-refractivity contribution < 1.29 is 9.47 Å². The minimum atomic E-state index is -0.462. The van der Waals surface area contributed by atoms with E-state index >= 15 is 0 Å². The minimum Gasteiger partial charge on any atom is -0.474 e. The summed E-state index contributed by atoms with van der Waals surface area (Å²) in [4.78, 5) is 13.7. The van der Waals surface area contributed by atoms with E-state index in [4.69, 9.17) is 9.47 Å². The van der Waals surface area contributed by atoms with E-state index in [1.54, 1.807) is 0 Å². The van der Waals surface area contributed by atoms with E-state index in [0.717, 1.165) is 17.1 Å². The minimum absolute atomic E-state index is 0.178. The molecule has 0 N–H and O–H groups in total. The van der Waals surface area contributed by atoms with Crippen LogP contribution in [0.25, 0.3) is 0 Å². The van der Waals surface area contributed by atoms with Gasteiger partial charge in [-0.15, -0.1) is 0 Å². The first-order valence-electron chi connectivity index (χ1n) is 6.78. The highest BCUT2D eigenvalue weighted by Gasteiger charge is 2.29. The van der Waals surface area contributed by atoms with Gasteiger partial charge in [0.05, 0.1) is 23.6 Å². The lowest BCUT2D eigenvalue weighted by Crippen LogP contribution is -2.17. The topological polar surface area (TPSA) is 56.1 Å². The first-order chi connectivity index (χ1) is 9.35. The van der Waals surface area contributed by atoms with Crippen molar-refractivity contribution in [1.29, 1.82) is 0 Å². The second kappa shape index (κ2) is 4.38. The van der Waals surface area contributed by atoms with Gasteiger partial charge in [0.2, 0.25) is 5.90 Å². The third-order valence-corrected chi connectivity index (χ3v) is 3.20. The van der Waals surface area contributed by atoms with Crippen LogP contribution < -0.4 is 0 Å². The molecule has 106 valence electrons. The van der Waals surface area contributed by atoms with Gasteiger partial charge >= 0.3 is 0 Å². The lowest BCUT2D eigenvalue weighted by molar-refractivity contribution is 0.0327. The average molecular weight is 273 g/mol. The Hall–Kier alpha value is -1.75. The van der Waals surface area contributed by atoms with Crippen LogP contribution in [0, 0.1) is 0 Å². The second-order valence-electron chi connectivity index (χ2n) is 6.22. The number of aliphatic imine (C=N–C) groups is 2. The predicted molar refractivity (Wildman–Crippen MR) is 77.4 cm³/mol. The zero-order chi connectivity index (χ0) is 14.4. The standard InChI is InChI=1S/C15H19N3O2/c1-14(2)9-19-13(18-14)11-7-5-6-10(16-11)12-8-20-15(3,4)17-12/h5-7H,8-9H2,1-4H3. The molecule has 0 amide bonds. The van der Waals surface area contributed by atoms with Crippen LogP contribution >= 0.6 is 0 Å². The highest BCUT2D eigenvalue weighted by molar-refractivity contribution is 6.02. The van der Waals surface area contributed by atoms with Crippen molar-refractivity contribution in [2.24, 2.45) is 9.98 Å². The molecule has 5 nitrogen and oxygen atoms in total. The molecule has 2 aliphatic rings. The Morgan fingerprint density at radius 1 is 1.05 bits per heavy atom. The molecule has 2 aliphatic heterocycles. The van der Waals surface area contributed by atoms with Gasteiger partial charge in [-0.05, 0) is 39.8 Å². The first-order valence-corrected chi connectivity index (χ1v) is 6.78. The van der Waals surface area contributed by atoms with Crippen LogP contribution in [0.4, 0.5) is 0 Å². The summed E-state index contributed by atoms with van der Waals surface area (Å²) in [5.41, 5.74) is 1.80. The number of hydrogen-bond acceptors (Lipinski definition) is 5. The van der Waals surface area contributed by atoms with Crippen LogP contribution in [0.15, 0.2) is 28.2 Å². The van der Waals surface area contributed by atoms with Crippen LogP contribution in [0.5, 0.6) is 0 Å². The molecule has 0 aliphatic carbocycles. The molecular formula is C15H19N3O2. The van der Waals surface area contributed by atoms with Crippen molar-refractivity contribution in [3.63, 3.8) is 0 Å². The maximum Gasteiger partial charge on any atom is 0.236 e. The Labute approximate surface area is 118 Å². The molecule has 0 saturated carbocycles. The molecule has 0 saturated heterocycles. The molecule has 0 bridgehead atoms. The molecule has 0 unspecified atom stereocenters. The molecule has 0 fully saturated rings. The van der Waals surface area contributed by atoms with Gasteiger partial charge < -0.3 is 9.47 Å². The quantitative estimate of drug-likeness (QED) is 0.830. The molecule has 0 aromatic carbocycles. The molecule has 5 heteroatoms. The van der Waals surface area contributed by atoms with Gasteiger partial charge in [0.1, 0.15) is 12.3 Å². The Balaban J connectivity index is 1.92. The summed E-state index contributed by atoms with van der Waals surface area (Å²) in [6.07, 6.45) is 0. The largest absolute Gasteiger partial charge is 0.474 e. The molecule has 20 heavy (non-hydrogen) atoms. The van der Waals surface area contributed by atoms with Gasteiger partial charge in [-0.3, -0.25) is 4.99 Å². The summed E-state index contributed by atoms with van der Waals surface area (Å²) in [6.45, 7) is 9.04. The van der Waals surface area contributed by atoms with E-state index in [1.807, 2.05) is 45.9 Å². The molecule has 0 radical (unpaired) electrons. The van der Waals surface area contributed by atoms with E-state index in [0.29, 0.717) is 19.1 Å². The Kier molecular flexibility index (Phi) is 2.90. The Morgan fingerprint density at radius 3 is 2.40 bits per heavy atom. The fraction of sp³-hybridized carbons (Fsp3) is 0.533. The second-order valence-corrected chi connectivity index (χ2v) is 6.22. The van der Waals surface area contributed by atoms with Gasteiger partial charge in [0, 0.05) is 0 Å². The predicted octanol–water partition coefficient (Wildman–Crippen LogP) is 2.19. The van der Waals surface area contributed by atoms with Crippen molar-refractivity contribution in [1.82, 2.24) is 4.98 Å². The van der Waals surface area contributed by atoms with Gasteiger partial charge in [-0.25, -0.2) is 9.98 Å². The summed E-state index contributed by atoms with van der Waals surface area (Å²) in [7, 11) is 0. The monoisotopic (exact) mass is 273 g/mol. The van der Waals surface area contributed by atoms with Crippen LogP contribution in [-0.4, -0.2) is 41.1 Å². The fourth-order valence-electron chi connectivity index (χ4n) is 2.20. The number of rotatable bonds is 2. The highest BCUT2D eigenvalue weighted by atomic mass is 16.5. The number of aromatic nitrogens is 1. The summed E-state index contributed by atoms with van der Waals surface area (Å²) in [6, 6.07) is 5.79. The number of ether oxygens (including phenoxy) is 2. The van der Waals surface area contributed by atoms with Crippen LogP contribution in [0.3, 0.4) is 0 Å². The van der Waals surface area contributed by atoms with Gasteiger partial charge in [-0.2, -0.15) is 0 Å². The fourth-order valence-corrected chi connectivity index (χ4v) is 2.20. The van der Waals surface area contributed by atoms with Crippen molar-refractivity contribution in [3.8, 4) is 0 Å². The van der Waals surface area contributed by atoms with Crippen molar-refractivity contribution in [3.05, 3.63) is 29.6 Å². The lowest BCUT2D eigenvalue weighted by atomic mass is 10.1. The van der Waals surface area contributed by atoms with Crippen molar-refractivity contribution >= 4 is 11.6 Å². The van der Waals surface area contributed by atoms with Gasteiger partial charge in [0.25, 0.3) is 0 Å². The molecule has 0 atom stereocenters. The number of nitrogens with zero attached hydrogens (tertiary/aromatic N) is 3. The molecule has 3 heterocycles. The zero-order valence-electron chi connectivity index (χ0n) is 12.3. The van der Waals surface area contributed by atoms with Crippen molar-refractivity contribution in [2.75, 3.05) is 13.2 Å². The Morgan fingerprint density at radius 2 is 1.80 bits per heavy atom. The summed E-state index contributed by atoms with van der Waals surface area (Å²) in [5.74, 6) is 0.607. The van der Waals surface area contributed by atoms with Crippen molar-refractivity contribution in [2.45, 2.75) is 39.0 Å². The van der Waals surface area contributed by atoms with Crippen LogP contribution in [0.1, 0.15) is 39.1 Å². The third-order valence-electron chi connectivity index (χ3n) is 3.20. The van der Waals surface area contributed by atoms with Gasteiger partial charge in [-0.1, -0.05) is 6.07 Å². The molecular weight excluding hydrogens is 254 g/mol. The summed E-state index contributed by atoms with van der Waals surface area (Å²) in [5, 5.41) is 0. The van der Waals surface area contributed by atoms with Gasteiger partial charge in [0.15, 0.2) is 5.72 Å². The molecule has 1 aromatic rings. The Bertz CT molecular complexity index is 554. The molecule has 3 rings (SSSR count). The number of pyridine rings is 1. The van der Waals surface area contributed by atoms with E-state index in [9.17, 15) is 0 Å². The summed E-state index contributed by atoms with van der Waals surface area (Å²) < 4.78 is 11.2. The third kappa shape index (κ3) is 2.58. The van der Waals surface area contributed by atoms with E-state index < -0.39 is 5.72 Å². The maximum atomic E-state index is 5.63. The lowest BCUT2D eigenvalue weighted by Gasteiger charge is -2.11. The van der Waals surface area contributed by atoms with E-state index in [-0.39, 0.29) is 5.54 Å². The molecule has 1 aromatic heterocycles. The van der Waals surface area contributed by atoms with Crippen LogP contribution in [0.2, 0.25) is 0 Å². The molecule has 0 spiro atoms. The summed E-state index contributed by atoms with van der Waals surface area (Å²) >= 11 is 0. The highest BCUT2D eigenvalue weighted by Crippen LogP contribution is 2.22. The zero-order valence-corrected chi connectivity index (χ0v) is 12.3. The average Bonchev–Trinajstić information content (AvgIpc) is 2.92. The maximum absolute atomic E-state index is 5.63. The SMILES string of the molecule is CC1(C)COC(c2cccc(C3=NC(C)(C)OC3)n2)=N1. The van der Waals surface area contributed by atoms with Crippen LogP contribution in [-0.2, 0) is 9.47 Å². The van der Waals surface area contributed by atoms with E-state index in [1.165, 1.54) is 0 Å². The first kappa shape index (κ1) is 13.2. The number of hydrogen-bond donors (Lipinski definition) is 0. The normalized spacial score (nSPS) is 23.2. The van der Waals surface area contributed by atoms with E-state index in [2.05, 4.69) is 15.0 Å². The smallest absolute Gasteiger partial charge is 0.236 e.